The minimum atomic E-state index is 0.246. The molecular weight excluding hydrogens is 286 g/mol. The Morgan fingerprint density at radius 3 is 2.83 bits per heavy atom. The molecule has 0 unspecified atom stereocenters. The molecule has 4 heteroatoms. The second kappa shape index (κ2) is 6.59. The van der Waals surface area contributed by atoms with E-state index >= 15 is 0 Å². The van der Waals surface area contributed by atoms with E-state index in [1.807, 2.05) is 25.1 Å². The molecule has 1 aliphatic rings. The number of hydrogen-bond acceptors (Lipinski definition) is 4. The molecule has 1 aromatic heterocycles. The molecule has 1 aromatic carbocycles. The molecule has 23 heavy (non-hydrogen) atoms. The van der Waals surface area contributed by atoms with Crippen LogP contribution in [0.25, 0.3) is 5.57 Å². The highest BCUT2D eigenvalue weighted by molar-refractivity contribution is 6.05. The van der Waals surface area contributed by atoms with Crippen LogP contribution in [0.2, 0.25) is 0 Å². The van der Waals surface area contributed by atoms with Crippen LogP contribution in [0.4, 0.5) is 0 Å². The standard InChI is InChI=1S/C19H19N3O/c1-3-7-16-15(12-18(20)19-22-21-13(2)23-19)10-6-9-14-8-4-5-11-17(14)16/h3-5,8,11-12,20H,6,9-10H2,1-2H3/b15-12-,20-18?. The molecule has 0 amide bonds. The molecule has 1 N–H and O–H groups in total. The van der Waals surface area contributed by atoms with Crippen molar-refractivity contribution in [1.82, 2.24) is 10.2 Å². The first-order chi connectivity index (χ1) is 11.2. The Hall–Kier alpha value is -2.71. The summed E-state index contributed by atoms with van der Waals surface area (Å²) in [6.07, 6.45) is 6.75. The Kier molecular flexibility index (Phi) is 4.35. The maximum atomic E-state index is 8.23. The van der Waals surface area contributed by atoms with Crippen LogP contribution in [-0.2, 0) is 6.42 Å². The van der Waals surface area contributed by atoms with Crippen molar-refractivity contribution in [2.45, 2.75) is 33.1 Å². The van der Waals surface area contributed by atoms with Crippen LogP contribution in [0.15, 0.2) is 52.1 Å². The van der Waals surface area contributed by atoms with Gasteiger partial charge in [-0.15, -0.1) is 15.9 Å². The van der Waals surface area contributed by atoms with Crippen LogP contribution in [-0.4, -0.2) is 15.9 Å². The summed E-state index contributed by atoms with van der Waals surface area (Å²) < 4.78 is 5.35. The minimum Gasteiger partial charge on any atom is -0.420 e. The number of rotatable bonds is 2. The Morgan fingerprint density at radius 1 is 1.26 bits per heavy atom. The van der Waals surface area contributed by atoms with Crippen LogP contribution < -0.4 is 0 Å². The minimum absolute atomic E-state index is 0.246. The first kappa shape index (κ1) is 15.2. The zero-order chi connectivity index (χ0) is 16.2. The Balaban J connectivity index is 2.06. The molecule has 0 saturated heterocycles. The number of benzene rings is 1. The molecule has 1 aliphatic carbocycles. The summed E-state index contributed by atoms with van der Waals surface area (Å²) >= 11 is 0. The van der Waals surface area contributed by atoms with E-state index in [2.05, 4.69) is 34.1 Å². The highest BCUT2D eigenvalue weighted by Gasteiger charge is 2.18. The topological polar surface area (TPSA) is 62.8 Å². The maximum absolute atomic E-state index is 8.23. The SMILES string of the molecule is CC=C=C1/C(=C\C(=N)c2nnc(C)o2)CCCc2ccccc21. The summed E-state index contributed by atoms with van der Waals surface area (Å²) in [5.74, 6) is 0.728. The predicted octanol–water partition coefficient (Wildman–Crippen LogP) is 4.27. The molecular formula is C19H19N3O. The zero-order valence-electron chi connectivity index (χ0n) is 13.4. The first-order valence-electron chi connectivity index (χ1n) is 7.78. The normalized spacial score (nSPS) is 15.7. The summed E-state index contributed by atoms with van der Waals surface area (Å²) in [5.41, 5.74) is 8.28. The number of nitrogens with one attached hydrogen (secondary N) is 1. The summed E-state index contributed by atoms with van der Waals surface area (Å²) in [6, 6.07) is 8.42. The average molecular weight is 305 g/mol. The lowest BCUT2D eigenvalue weighted by Gasteiger charge is -2.09. The monoisotopic (exact) mass is 305 g/mol. The third-order valence-corrected chi connectivity index (χ3v) is 3.86. The van der Waals surface area contributed by atoms with Crippen LogP contribution in [0.3, 0.4) is 0 Å². The van der Waals surface area contributed by atoms with Crippen molar-refractivity contribution in [2.24, 2.45) is 0 Å². The van der Waals surface area contributed by atoms with E-state index in [4.69, 9.17) is 9.83 Å². The summed E-state index contributed by atoms with van der Waals surface area (Å²) in [4.78, 5) is 0. The molecule has 0 fully saturated rings. The molecule has 4 nitrogen and oxygen atoms in total. The molecule has 3 rings (SSSR count). The van der Waals surface area contributed by atoms with Gasteiger partial charge in [0.15, 0.2) is 0 Å². The van der Waals surface area contributed by atoms with Crippen molar-refractivity contribution in [2.75, 3.05) is 0 Å². The van der Waals surface area contributed by atoms with Gasteiger partial charge in [0.2, 0.25) is 5.89 Å². The van der Waals surface area contributed by atoms with E-state index in [9.17, 15) is 0 Å². The van der Waals surface area contributed by atoms with Crippen LogP contribution in [0.5, 0.6) is 0 Å². The van der Waals surface area contributed by atoms with Crippen LogP contribution in [0, 0.1) is 12.3 Å². The van der Waals surface area contributed by atoms with E-state index < -0.39 is 0 Å². The number of hydrogen-bond donors (Lipinski definition) is 1. The van der Waals surface area contributed by atoms with Gasteiger partial charge in [-0.2, -0.15) is 0 Å². The van der Waals surface area contributed by atoms with E-state index in [-0.39, 0.29) is 11.6 Å². The molecule has 0 saturated carbocycles. The molecule has 1 heterocycles. The molecule has 116 valence electrons. The third kappa shape index (κ3) is 3.22. The lowest BCUT2D eigenvalue weighted by molar-refractivity contribution is 0.510. The van der Waals surface area contributed by atoms with Gasteiger partial charge in [0, 0.05) is 12.5 Å². The average Bonchev–Trinajstić information content (AvgIpc) is 2.91. The summed E-state index contributed by atoms with van der Waals surface area (Å²) in [7, 11) is 0. The van der Waals surface area contributed by atoms with E-state index in [0.717, 1.165) is 30.4 Å². The number of allylic oxidation sites excluding steroid dienone is 3. The zero-order valence-corrected chi connectivity index (χ0v) is 13.4. The summed E-state index contributed by atoms with van der Waals surface area (Å²) in [5, 5.41) is 16.0. The molecule has 0 atom stereocenters. The van der Waals surface area contributed by atoms with Gasteiger partial charge >= 0.3 is 0 Å². The van der Waals surface area contributed by atoms with Gasteiger partial charge in [-0.1, -0.05) is 24.3 Å². The number of nitrogens with zero attached hydrogens (tertiary/aromatic N) is 2. The molecule has 0 radical (unpaired) electrons. The van der Waals surface area contributed by atoms with Gasteiger partial charge in [-0.3, -0.25) is 5.41 Å². The van der Waals surface area contributed by atoms with Crippen molar-refractivity contribution in [3.8, 4) is 0 Å². The molecule has 0 aliphatic heterocycles. The van der Waals surface area contributed by atoms with E-state index in [1.54, 1.807) is 6.92 Å². The quantitative estimate of drug-likeness (QED) is 0.512. The number of aromatic nitrogens is 2. The highest BCUT2D eigenvalue weighted by Crippen LogP contribution is 2.33. The smallest absolute Gasteiger partial charge is 0.265 e. The molecule has 0 spiro atoms. The fourth-order valence-corrected chi connectivity index (χ4v) is 2.85. The van der Waals surface area contributed by atoms with Crippen LogP contribution >= 0.6 is 0 Å². The third-order valence-electron chi connectivity index (χ3n) is 3.86. The number of fused-ring (bicyclic) bond motifs is 1. The second-order valence-corrected chi connectivity index (χ2v) is 5.53. The Bertz CT molecular complexity index is 836. The van der Waals surface area contributed by atoms with Gasteiger partial charge in [-0.05, 0) is 55.0 Å². The predicted molar refractivity (Wildman–Crippen MR) is 90.5 cm³/mol. The van der Waals surface area contributed by atoms with Gasteiger partial charge in [-0.25, -0.2) is 0 Å². The van der Waals surface area contributed by atoms with Crippen LogP contribution in [0.1, 0.15) is 42.7 Å². The molecule has 2 aromatic rings. The lowest BCUT2D eigenvalue weighted by atomic mass is 9.95. The van der Waals surface area contributed by atoms with Crippen molar-refractivity contribution in [3.05, 3.63) is 70.6 Å². The maximum Gasteiger partial charge on any atom is 0.265 e. The Morgan fingerprint density at radius 2 is 2.09 bits per heavy atom. The van der Waals surface area contributed by atoms with E-state index in [0.29, 0.717) is 5.89 Å². The van der Waals surface area contributed by atoms with Gasteiger partial charge in [0.1, 0.15) is 5.71 Å². The fourth-order valence-electron chi connectivity index (χ4n) is 2.85. The van der Waals surface area contributed by atoms with Crippen molar-refractivity contribution in [1.29, 1.82) is 5.41 Å². The highest BCUT2D eigenvalue weighted by atomic mass is 16.4. The van der Waals surface area contributed by atoms with E-state index in [1.165, 1.54) is 11.1 Å². The Labute approximate surface area is 135 Å². The molecule has 0 bridgehead atoms. The van der Waals surface area contributed by atoms with Crippen molar-refractivity contribution < 1.29 is 4.42 Å². The lowest BCUT2D eigenvalue weighted by Crippen LogP contribution is -1.99. The van der Waals surface area contributed by atoms with Gasteiger partial charge in [0.05, 0.1) is 0 Å². The van der Waals surface area contributed by atoms with Gasteiger partial charge in [0.25, 0.3) is 5.89 Å². The summed E-state index contributed by atoms with van der Waals surface area (Å²) in [6.45, 7) is 3.69. The second-order valence-electron chi connectivity index (χ2n) is 5.53. The van der Waals surface area contributed by atoms with Crippen molar-refractivity contribution >= 4 is 11.3 Å². The number of aryl methyl sites for hydroxylation is 2. The van der Waals surface area contributed by atoms with Gasteiger partial charge < -0.3 is 4.42 Å². The fraction of sp³-hybridized carbons (Fsp3) is 0.263. The first-order valence-corrected chi connectivity index (χ1v) is 7.78. The largest absolute Gasteiger partial charge is 0.420 e. The van der Waals surface area contributed by atoms with Crippen molar-refractivity contribution in [3.63, 3.8) is 0 Å².